The van der Waals surface area contributed by atoms with E-state index in [1.807, 2.05) is 6.07 Å². The molecule has 1 saturated heterocycles. The van der Waals surface area contributed by atoms with Crippen molar-refractivity contribution in [3.8, 4) is 0 Å². The molecule has 1 heterocycles. The average Bonchev–Trinajstić information content (AvgIpc) is 2.87. The Bertz CT molecular complexity index is 242. The van der Waals surface area contributed by atoms with Gasteiger partial charge in [-0.1, -0.05) is 43.7 Å². The van der Waals surface area contributed by atoms with Crippen LogP contribution in [-0.2, 0) is 4.74 Å². The summed E-state index contributed by atoms with van der Waals surface area (Å²) >= 11 is 0. The van der Waals surface area contributed by atoms with Crippen molar-refractivity contribution in [3.63, 3.8) is 0 Å². The summed E-state index contributed by atoms with van der Waals surface area (Å²) in [7, 11) is 0. The van der Waals surface area contributed by atoms with E-state index in [9.17, 15) is 0 Å². The molecule has 2 atom stereocenters. The standard InChI is InChI=1S/C11H14O/c1-2-6-10-11(12-10)9-7-4-3-5-8-9/h3-5,7-8,10-11H,2,6H2,1H3/t10-,11-/m0/s1. The molecule has 12 heavy (non-hydrogen) atoms. The molecule has 0 aliphatic carbocycles. The second kappa shape index (κ2) is 3.28. The van der Waals surface area contributed by atoms with Gasteiger partial charge in [0.25, 0.3) is 0 Å². The zero-order valence-corrected chi connectivity index (χ0v) is 7.36. The topological polar surface area (TPSA) is 12.5 Å². The van der Waals surface area contributed by atoms with Gasteiger partial charge >= 0.3 is 0 Å². The highest BCUT2D eigenvalue weighted by Gasteiger charge is 2.38. The van der Waals surface area contributed by atoms with Crippen LogP contribution in [0.3, 0.4) is 0 Å². The highest BCUT2D eigenvalue weighted by atomic mass is 16.6. The third kappa shape index (κ3) is 1.51. The van der Waals surface area contributed by atoms with E-state index in [1.165, 1.54) is 18.4 Å². The van der Waals surface area contributed by atoms with Crippen LogP contribution in [0.1, 0.15) is 31.4 Å². The Hall–Kier alpha value is -0.820. The second-order valence-corrected chi connectivity index (χ2v) is 3.29. The van der Waals surface area contributed by atoms with Crippen LogP contribution in [0.15, 0.2) is 30.3 Å². The van der Waals surface area contributed by atoms with Crippen LogP contribution < -0.4 is 0 Å². The lowest BCUT2D eigenvalue weighted by Gasteiger charge is -1.93. The molecule has 0 saturated carbocycles. The van der Waals surface area contributed by atoms with Gasteiger partial charge < -0.3 is 4.74 Å². The van der Waals surface area contributed by atoms with Crippen LogP contribution in [0, 0.1) is 0 Å². The monoisotopic (exact) mass is 162 g/mol. The Balaban J connectivity index is 1.97. The van der Waals surface area contributed by atoms with Crippen molar-refractivity contribution in [2.75, 3.05) is 0 Å². The van der Waals surface area contributed by atoms with Gasteiger partial charge in [0.05, 0.1) is 6.10 Å². The van der Waals surface area contributed by atoms with Gasteiger partial charge in [0, 0.05) is 0 Å². The Kier molecular flexibility index (Phi) is 2.13. The smallest absolute Gasteiger partial charge is 0.109 e. The number of rotatable bonds is 3. The molecule has 1 aliphatic heterocycles. The van der Waals surface area contributed by atoms with Crippen LogP contribution in [-0.4, -0.2) is 6.10 Å². The van der Waals surface area contributed by atoms with E-state index in [2.05, 4.69) is 31.2 Å². The van der Waals surface area contributed by atoms with E-state index in [0.717, 1.165) is 0 Å². The van der Waals surface area contributed by atoms with E-state index in [1.54, 1.807) is 0 Å². The van der Waals surface area contributed by atoms with Gasteiger partial charge in [0.15, 0.2) is 0 Å². The maximum Gasteiger partial charge on any atom is 0.109 e. The van der Waals surface area contributed by atoms with Gasteiger partial charge in [-0.25, -0.2) is 0 Å². The van der Waals surface area contributed by atoms with Crippen molar-refractivity contribution in [3.05, 3.63) is 35.9 Å². The van der Waals surface area contributed by atoms with Crippen LogP contribution in [0.4, 0.5) is 0 Å². The Morgan fingerprint density at radius 1 is 1.25 bits per heavy atom. The molecule has 1 aromatic carbocycles. The zero-order valence-electron chi connectivity index (χ0n) is 7.36. The normalized spacial score (nSPS) is 27.1. The third-order valence-electron chi connectivity index (χ3n) is 2.28. The first kappa shape index (κ1) is 7.81. The molecular weight excluding hydrogens is 148 g/mol. The van der Waals surface area contributed by atoms with Gasteiger partial charge in [-0.05, 0) is 12.0 Å². The Labute approximate surface area is 73.4 Å². The maximum atomic E-state index is 5.54. The van der Waals surface area contributed by atoms with Crippen molar-refractivity contribution in [1.29, 1.82) is 0 Å². The number of ether oxygens (including phenoxy) is 1. The lowest BCUT2D eigenvalue weighted by atomic mass is 10.1. The molecule has 0 unspecified atom stereocenters. The summed E-state index contributed by atoms with van der Waals surface area (Å²) in [5.74, 6) is 0. The summed E-state index contributed by atoms with van der Waals surface area (Å²) in [4.78, 5) is 0. The van der Waals surface area contributed by atoms with Crippen molar-refractivity contribution < 1.29 is 4.74 Å². The van der Waals surface area contributed by atoms with Gasteiger partial charge in [0.2, 0.25) is 0 Å². The summed E-state index contributed by atoms with van der Waals surface area (Å²) in [5, 5.41) is 0. The quantitative estimate of drug-likeness (QED) is 0.622. The molecule has 0 aromatic heterocycles. The SMILES string of the molecule is CCC[C@@H]1O[C@H]1c1ccccc1. The molecule has 1 aliphatic rings. The van der Waals surface area contributed by atoms with Gasteiger partial charge in [0.1, 0.15) is 6.10 Å². The molecule has 0 radical (unpaired) electrons. The predicted molar refractivity (Wildman–Crippen MR) is 49.0 cm³/mol. The third-order valence-corrected chi connectivity index (χ3v) is 2.28. The summed E-state index contributed by atoms with van der Waals surface area (Å²) in [6, 6.07) is 10.5. The maximum absolute atomic E-state index is 5.54. The first-order chi connectivity index (χ1) is 5.92. The molecule has 1 heteroatoms. The van der Waals surface area contributed by atoms with Gasteiger partial charge in [-0.15, -0.1) is 0 Å². The minimum atomic E-state index is 0.395. The number of benzene rings is 1. The molecule has 0 N–H and O–H groups in total. The van der Waals surface area contributed by atoms with Crippen molar-refractivity contribution >= 4 is 0 Å². The predicted octanol–water partition coefficient (Wildman–Crippen LogP) is 2.93. The molecule has 0 bridgehead atoms. The fourth-order valence-electron chi connectivity index (χ4n) is 1.58. The zero-order chi connectivity index (χ0) is 8.39. The fourth-order valence-corrected chi connectivity index (χ4v) is 1.58. The largest absolute Gasteiger partial charge is 0.365 e. The van der Waals surface area contributed by atoms with E-state index in [-0.39, 0.29) is 0 Å². The molecule has 0 spiro atoms. The molecule has 1 fully saturated rings. The summed E-state index contributed by atoms with van der Waals surface area (Å²) < 4.78 is 5.54. The van der Waals surface area contributed by atoms with Crippen molar-refractivity contribution in [1.82, 2.24) is 0 Å². The van der Waals surface area contributed by atoms with Gasteiger partial charge in [-0.2, -0.15) is 0 Å². The lowest BCUT2D eigenvalue weighted by molar-refractivity contribution is 0.365. The molecule has 1 nitrogen and oxygen atoms in total. The van der Waals surface area contributed by atoms with Crippen LogP contribution in [0.25, 0.3) is 0 Å². The van der Waals surface area contributed by atoms with E-state index < -0.39 is 0 Å². The summed E-state index contributed by atoms with van der Waals surface area (Å²) in [6.45, 7) is 2.20. The fraction of sp³-hybridized carbons (Fsp3) is 0.455. The summed E-state index contributed by atoms with van der Waals surface area (Å²) in [6.07, 6.45) is 3.30. The minimum Gasteiger partial charge on any atom is -0.365 e. The van der Waals surface area contributed by atoms with Crippen LogP contribution in [0.5, 0.6) is 0 Å². The van der Waals surface area contributed by atoms with E-state index in [0.29, 0.717) is 12.2 Å². The Morgan fingerprint density at radius 2 is 2.00 bits per heavy atom. The van der Waals surface area contributed by atoms with Gasteiger partial charge in [-0.3, -0.25) is 0 Å². The molecule has 0 amide bonds. The highest BCUT2D eigenvalue weighted by Crippen LogP contribution is 2.40. The van der Waals surface area contributed by atoms with E-state index >= 15 is 0 Å². The molecule has 2 rings (SSSR count). The lowest BCUT2D eigenvalue weighted by Crippen LogP contribution is -1.86. The Morgan fingerprint density at radius 3 is 2.67 bits per heavy atom. The molecule has 1 aromatic rings. The number of hydrogen-bond donors (Lipinski definition) is 0. The number of epoxide rings is 1. The average molecular weight is 162 g/mol. The summed E-state index contributed by atoms with van der Waals surface area (Å²) in [5.41, 5.74) is 1.33. The highest BCUT2D eigenvalue weighted by molar-refractivity contribution is 5.22. The minimum absolute atomic E-state index is 0.395. The molecule has 64 valence electrons. The van der Waals surface area contributed by atoms with Crippen molar-refractivity contribution in [2.45, 2.75) is 32.0 Å². The van der Waals surface area contributed by atoms with Crippen LogP contribution >= 0.6 is 0 Å². The van der Waals surface area contributed by atoms with Crippen molar-refractivity contribution in [2.24, 2.45) is 0 Å². The van der Waals surface area contributed by atoms with Crippen LogP contribution in [0.2, 0.25) is 0 Å². The number of hydrogen-bond acceptors (Lipinski definition) is 1. The first-order valence-electron chi connectivity index (χ1n) is 4.62. The second-order valence-electron chi connectivity index (χ2n) is 3.29. The molecular formula is C11H14O. The first-order valence-corrected chi connectivity index (χ1v) is 4.62. The van der Waals surface area contributed by atoms with E-state index in [4.69, 9.17) is 4.74 Å².